The van der Waals surface area contributed by atoms with Crippen molar-refractivity contribution in [3.05, 3.63) is 93.0 Å². The number of benzene rings is 2. The summed E-state index contributed by atoms with van der Waals surface area (Å²) in [4.78, 5) is 52.7. The van der Waals surface area contributed by atoms with Crippen LogP contribution in [0.25, 0.3) is 22.0 Å². The number of urea groups is 1. The molecule has 8 rings (SSSR count). The summed E-state index contributed by atoms with van der Waals surface area (Å²) in [7, 11) is -14.0. The number of anilines is 1. The van der Waals surface area contributed by atoms with Crippen LogP contribution in [0.15, 0.2) is 42.5 Å². The molecule has 0 spiro atoms. The first kappa shape index (κ1) is 57.3. The zero-order valence-electron chi connectivity index (χ0n) is 40.2. The maximum absolute atomic E-state index is 15.6. The zero-order chi connectivity index (χ0) is 56.9. The van der Waals surface area contributed by atoms with Crippen molar-refractivity contribution in [3.63, 3.8) is 0 Å². The number of phosphoric ester groups is 1. The van der Waals surface area contributed by atoms with E-state index in [-0.39, 0.29) is 56.3 Å². The number of sulfonamides is 1. The Morgan fingerprint density at radius 2 is 1.64 bits per heavy atom. The van der Waals surface area contributed by atoms with Crippen LogP contribution in [0, 0.1) is 29.4 Å². The highest BCUT2D eigenvalue weighted by Gasteiger charge is 2.68. The molecule has 3 amide bonds. The van der Waals surface area contributed by atoms with Crippen LogP contribution in [0.1, 0.15) is 79.0 Å². The molecule has 3 aromatic heterocycles. The lowest BCUT2D eigenvalue weighted by Gasteiger charge is -2.29. The average molecular weight is 1180 g/mol. The lowest BCUT2D eigenvalue weighted by molar-refractivity contribution is -0.143. The summed E-state index contributed by atoms with van der Waals surface area (Å²) in [5.74, 6) is -6.26. The van der Waals surface area contributed by atoms with Crippen LogP contribution in [0.5, 0.6) is 0 Å². The highest BCUT2D eigenvalue weighted by Crippen LogP contribution is 2.68. The third kappa shape index (κ3) is 11.8. The van der Waals surface area contributed by atoms with Gasteiger partial charge >= 0.3 is 26.2 Å². The molecule has 2 aliphatic carbocycles. The number of aromatic nitrogens is 5. The predicted molar refractivity (Wildman–Crippen MR) is 253 cm³/mol. The molecule has 1 aliphatic heterocycles. The Morgan fingerprint density at radius 1 is 0.987 bits per heavy atom. The van der Waals surface area contributed by atoms with Crippen molar-refractivity contribution in [1.29, 1.82) is 0 Å². The first-order valence-corrected chi connectivity index (χ1v) is 28.3. The molecule has 1 saturated carbocycles. The van der Waals surface area contributed by atoms with Crippen LogP contribution in [0.3, 0.4) is 0 Å². The standard InChI is InChI=1S/C45H42ClF10N8O10PS2/c1-42(2,76(3,70)71)12-11-25-7-8-27(28-9-10-31(46)35-37(28)63(21-43(49,50)51)60-40(35)64(77(4,72)73)41(66)61-13-5-6-26(61)20-74-75(67,68)69)36(57-25)32(16-22-14-23(47)17-24(48)15-22)58-33(65)19-62-39-34(38(59-62)45(54,55)56)29-18-30(29)44(39,52)53/h7-10,14-15,17,26,29-30,32H,5-6,13,16,18-21H2,1-4H3,(H,58,65)(H2,67,68,69)/t26-,29-,30+,32-/m0/s1. The van der Waals surface area contributed by atoms with Crippen molar-refractivity contribution in [2.45, 2.75) is 93.6 Å². The van der Waals surface area contributed by atoms with Crippen LogP contribution in [0.2, 0.25) is 5.02 Å². The van der Waals surface area contributed by atoms with E-state index >= 15 is 8.78 Å². The number of pyridine rings is 1. The lowest BCUT2D eigenvalue weighted by Crippen LogP contribution is -2.49. The summed E-state index contributed by atoms with van der Waals surface area (Å²) in [6.45, 7) is -1.99. The van der Waals surface area contributed by atoms with Crippen LogP contribution < -0.4 is 9.62 Å². The van der Waals surface area contributed by atoms with Crippen LogP contribution >= 0.6 is 19.4 Å². The number of rotatable bonds is 14. The molecule has 0 radical (unpaired) electrons. The van der Waals surface area contributed by atoms with E-state index < -0.39 is 174 Å². The molecule has 32 heteroatoms. The van der Waals surface area contributed by atoms with Gasteiger partial charge in [-0.2, -0.15) is 49.6 Å². The Kier molecular flexibility index (Phi) is 14.8. The molecule has 2 aromatic carbocycles. The van der Waals surface area contributed by atoms with E-state index in [1.54, 1.807) is 0 Å². The highest BCUT2D eigenvalue weighted by molar-refractivity contribution is 7.93. The molecule has 0 bridgehead atoms. The number of nitrogens with one attached hydrogen (secondary N) is 1. The number of nitrogens with zero attached hydrogens (tertiary/aromatic N) is 7. The number of fused-ring (bicyclic) bond motifs is 4. The van der Waals surface area contributed by atoms with E-state index in [0.29, 0.717) is 12.3 Å². The number of halogens is 11. The normalized spacial score (nSPS) is 18.9. The number of sulfone groups is 1. The van der Waals surface area contributed by atoms with E-state index in [4.69, 9.17) is 11.6 Å². The molecule has 18 nitrogen and oxygen atoms in total. The fraction of sp³-hybridized carbons (Fsp3) is 0.444. The summed E-state index contributed by atoms with van der Waals surface area (Å²) in [6.07, 6.45) is -9.96. The summed E-state index contributed by atoms with van der Waals surface area (Å²) in [5, 5.41) is 8.56. The molecule has 77 heavy (non-hydrogen) atoms. The van der Waals surface area contributed by atoms with Gasteiger partial charge in [0.25, 0.3) is 5.92 Å². The minimum Gasteiger partial charge on any atom is -0.346 e. The van der Waals surface area contributed by atoms with E-state index in [1.165, 1.54) is 13.8 Å². The molecular formula is C45H42ClF10N8O10PS2. The maximum atomic E-state index is 15.6. The van der Waals surface area contributed by atoms with Crippen molar-refractivity contribution < 1.29 is 89.2 Å². The van der Waals surface area contributed by atoms with Gasteiger partial charge in [0.15, 0.2) is 21.3 Å². The number of amides is 3. The second-order valence-corrected chi connectivity index (χ2v) is 25.1. The summed E-state index contributed by atoms with van der Waals surface area (Å²) in [5.41, 5.74) is -6.21. The Balaban J connectivity index is 1.35. The molecule has 4 heterocycles. The molecule has 3 aliphatic rings. The second-order valence-electron chi connectivity index (χ2n) is 19.1. The number of alkyl halides is 8. The van der Waals surface area contributed by atoms with Crippen molar-refractivity contribution in [2.75, 3.05) is 30.0 Å². The topological polar surface area (TPSA) is 236 Å². The Bertz CT molecular complexity index is 3580. The van der Waals surface area contributed by atoms with Crippen molar-refractivity contribution in [1.82, 2.24) is 34.8 Å². The van der Waals surface area contributed by atoms with Gasteiger partial charge in [-0.25, -0.2) is 40.0 Å². The molecular weight excluding hydrogens is 1130 g/mol. The molecule has 3 N–H and O–H groups in total. The SMILES string of the molecule is CC(C)(C#Cc1ccc(-c2ccc(Cl)c3c(N(C(=O)N4CCC[C@H]4COP(=O)(O)O)S(C)(=O)=O)nn(CC(F)(F)F)c23)c([C@H](Cc2cc(F)cc(F)c2)NC(=O)Cn2nc(C(F)(F)F)c3c2C(F)(F)[C@@H]2C[C@H]32)n1)S(C)(=O)=O. The third-order valence-electron chi connectivity index (χ3n) is 13.1. The smallest absolute Gasteiger partial charge is 0.346 e. The predicted octanol–water partition coefficient (Wildman–Crippen LogP) is 7.75. The van der Waals surface area contributed by atoms with E-state index in [9.17, 15) is 75.9 Å². The second kappa shape index (κ2) is 19.8. The number of phosphoric acid groups is 1. The zero-order valence-corrected chi connectivity index (χ0v) is 43.5. The van der Waals surface area contributed by atoms with E-state index in [2.05, 4.69) is 36.9 Å². The summed E-state index contributed by atoms with van der Waals surface area (Å²) < 4.78 is 215. The lowest BCUT2D eigenvalue weighted by atomic mass is 9.93. The third-order valence-corrected chi connectivity index (χ3v) is 16.8. The van der Waals surface area contributed by atoms with Gasteiger partial charge in [0.2, 0.25) is 15.9 Å². The van der Waals surface area contributed by atoms with Crippen LogP contribution in [-0.2, 0) is 65.4 Å². The van der Waals surface area contributed by atoms with Crippen molar-refractivity contribution in [3.8, 4) is 23.0 Å². The molecule has 416 valence electrons. The largest absolute Gasteiger partial charge is 0.469 e. The van der Waals surface area contributed by atoms with Crippen molar-refractivity contribution in [2.24, 2.45) is 5.92 Å². The van der Waals surface area contributed by atoms with Gasteiger partial charge in [0.1, 0.15) is 40.9 Å². The average Bonchev–Trinajstić information content (AvgIpc) is 3.50. The van der Waals surface area contributed by atoms with E-state index in [0.717, 1.165) is 47.6 Å². The Labute approximate surface area is 435 Å². The number of carbonyl (C=O) groups is 2. The molecule has 5 aromatic rings. The molecule has 0 unspecified atom stereocenters. The van der Waals surface area contributed by atoms with E-state index in [1.807, 2.05) is 0 Å². The number of hydrogen-bond donors (Lipinski definition) is 3. The minimum absolute atomic E-state index is 0.0137. The van der Waals surface area contributed by atoms with Gasteiger partial charge in [0.05, 0.1) is 46.6 Å². The summed E-state index contributed by atoms with van der Waals surface area (Å²) in [6, 6.07) is 1.89. The number of likely N-dealkylation sites (tertiary alicyclic amines) is 1. The van der Waals surface area contributed by atoms with Gasteiger partial charge in [-0.05, 0) is 87.3 Å². The fourth-order valence-corrected chi connectivity index (χ4v) is 11.0. The Hall–Kier alpha value is -5.83. The van der Waals surface area contributed by atoms with Crippen molar-refractivity contribution >= 4 is 67.9 Å². The molecule has 4 atom stereocenters. The quantitative estimate of drug-likeness (QED) is 0.0549. The maximum Gasteiger partial charge on any atom is 0.469 e. The fourth-order valence-electron chi connectivity index (χ4n) is 9.35. The molecule has 2 fully saturated rings. The van der Waals surface area contributed by atoms with Gasteiger partial charge in [0, 0.05) is 41.5 Å². The monoisotopic (exact) mass is 1170 g/mol. The minimum atomic E-state index is -5.25. The Morgan fingerprint density at radius 3 is 2.23 bits per heavy atom. The highest BCUT2D eigenvalue weighted by atomic mass is 35.5. The van der Waals surface area contributed by atoms with Crippen LogP contribution in [-0.4, -0.2) is 111 Å². The van der Waals surface area contributed by atoms with Crippen LogP contribution in [0.4, 0.5) is 54.5 Å². The van der Waals surface area contributed by atoms with Gasteiger partial charge in [-0.1, -0.05) is 23.6 Å². The number of carbonyl (C=O) groups excluding carboxylic acids is 2. The van der Waals surface area contributed by atoms with Gasteiger partial charge < -0.3 is 20.0 Å². The first-order chi connectivity index (χ1) is 35.4. The number of hydrogen-bond acceptors (Lipinski definition) is 11. The van der Waals surface area contributed by atoms with Gasteiger partial charge in [-0.3, -0.25) is 18.7 Å². The molecule has 1 saturated heterocycles. The first-order valence-electron chi connectivity index (χ1n) is 22.7. The summed E-state index contributed by atoms with van der Waals surface area (Å²) >= 11 is 6.70. The van der Waals surface area contributed by atoms with Gasteiger partial charge in [-0.15, -0.1) is 0 Å².